The molecule has 0 unspecified atom stereocenters. The third-order valence-electron chi connectivity index (χ3n) is 2.88. The first-order valence-corrected chi connectivity index (χ1v) is 5.71. The van der Waals surface area contributed by atoms with E-state index < -0.39 is 0 Å². The number of ether oxygens (including phenoxy) is 1. The summed E-state index contributed by atoms with van der Waals surface area (Å²) in [5.74, 6) is 0.775. The molecule has 104 valence electrons. The highest BCUT2D eigenvalue weighted by atomic mass is 35.5. The lowest BCUT2D eigenvalue weighted by molar-refractivity contribution is 0.135. The van der Waals surface area contributed by atoms with E-state index in [2.05, 4.69) is 15.3 Å². The van der Waals surface area contributed by atoms with Crippen LogP contribution in [0.3, 0.4) is 0 Å². The maximum absolute atomic E-state index is 5.84. The first-order valence-electron chi connectivity index (χ1n) is 5.71. The predicted molar refractivity (Wildman–Crippen MR) is 76.9 cm³/mol. The molecule has 0 aliphatic heterocycles. The first-order chi connectivity index (χ1) is 7.78. The Morgan fingerprint density at radius 1 is 1.28 bits per heavy atom. The van der Waals surface area contributed by atoms with Gasteiger partial charge in [0.2, 0.25) is 0 Å². The van der Waals surface area contributed by atoms with Crippen LogP contribution in [0, 0.1) is 0 Å². The number of nitrogens with one attached hydrogen (secondary N) is 1. The molecule has 0 atom stereocenters. The van der Waals surface area contributed by atoms with Gasteiger partial charge < -0.3 is 15.8 Å². The molecule has 0 spiro atoms. The lowest BCUT2D eigenvalue weighted by Gasteiger charge is -2.25. The van der Waals surface area contributed by atoms with Crippen molar-refractivity contribution in [2.45, 2.75) is 37.8 Å². The molecule has 1 aliphatic rings. The van der Waals surface area contributed by atoms with Gasteiger partial charge in [0, 0.05) is 19.3 Å². The van der Waals surface area contributed by atoms with Crippen LogP contribution < -0.4 is 15.8 Å². The van der Waals surface area contributed by atoms with Gasteiger partial charge in [-0.25, -0.2) is 4.98 Å². The van der Waals surface area contributed by atoms with Crippen molar-refractivity contribution in [2.75, 3.05) is 12.4 Å². The second kappa shape index (κ2) is 8.34. The summed E-state index contributed by atoms with van der Waals surface area (Å²) in [6.07, 6.45) is 5.95. The summed E-state index contributed by atoms with van der Waals surface area (Å²) in [5.41, 5.74) is 5.84. The van der Waals surface area contributed by atoms with Crippen LogP contribution in [0.25, 0.3) is 0 Å². The van der Waals surface area contributed by atoms with Crippen molar-refractivity contribution in [1.29, 1.82) is 0 Å². The molecule has 5 nitrogen and oxygen atoms in total. The maximum atomic E-state index is 5.84. The van der Waals surface area contributed by atoms with Crippen molar-refractivity contribution in [3.8, 4) is 6.01 Å². The van der Waals surface area contributed by atoms with Crippen LogP contribution in [-0.2, 0) is 0 Å². The highest BCUT2D eigenvalue weighted by Gasteiger charge is 2.20. The van der Waals surface area contributed by atoms with Gasteiger partial charge in [-0.2, -0.15) is 4.98 Å². The number of nitrogens with zero attached hydrogens (tertiary/aromatic N) is 2. The van der Waals surface area contributed by atoms with E-state index in [4.69, 9.17) is 10.5 Å². The lowest BCUT2D eigenvalue weighted by Crippen LogP contribution is -2.32. The second-order valence-corrected chi connectivity index (χ2v) is 4.13. The quantitative estimate of drug-likeness (QED) is 0.892. The second-order valence-electron chi connectivity index (χ2n) is 4.13. The van der Waals surface area contributed by atoms with Crippen LogP contribution in [-0.4, -0.2) is 29.2 Å². The lowest BCUT2D eigenvalue weighted by atomic mass is 9.94. The minimum absolute atomic E-state index is 0. The Morgan fingerprint density at radius 2 is 1.94 bits per heavy atom. The number of aromatic nitrogens is 2. The molecule has 1 aliphatic carbocycles. The van der Waals surface area contributed by atoms with Gasteiger partial charge in [0.25, 0.3) is 0 Å². The topological polar surface area (TPSA) is 73.1 Å². The van der Waals surface area contributed by atoms with Crippen molar-refractivity contribution in [2.24, 2.45) is 5.73 Å². The molecule has 0 radical (unpaired) electrons. The van der Waals surface area contributed by atoms with Gasteiger partial charge in [-0.3, -0.25) is 0 Å². The van der Waals surface area contributed by atoms with Gasteiger partial charge in [-0.15, -0.1) is 24.8 Å². The smallest absolute Gasteiger partial charge is 0.318 e. The molecule has 1 fully saturated rings. The van der Waals surface area contributed by atoms with Crippen LogP contribution >= 0.6 is 24.8 Å². The van der Waals surface area contributed by atoms with Gasteiger partial charge >= 0.3 is 6.01 Å². The zero-order chi connectivity index (χ0) is 11.4. The normalized spacial score (nSPS) is 22.3. The standard InChI is InChI=1S/C11H18N4O.2ClH/c1-13-10-6-7-14-11(15-10)16-9-4-2-8(12)3-5-9;;/h6-9H,2-5,12H2,1H3,(H,13,14,15);2*1H. The van der Waals surface area contributed by atoms with E-state index in [1.165, 1.54) is 0 Å². The third-order valence-corrected chi connectivity index (χ3v) is 2.88. The van der Waals surface area contributed by atoms with Gasteiger partial charge in [0.1, 0.15) is 11.9 Å². The number of anilines is 1. The number of nitrogens with two attached hydrogens (primary N) is 1. The summed E-state index contributed by atoms with van der Waals surface area (Å²) < 4.78 is 5.73. The molecular formula is C11H20Cl2N4O. The number of rotatable bonds is 3. The van der Waals surface area contributed by atoms with Crippen molar-refractivity contribution in [1.82, 2.24) is 9.97 Å². The van der Waals surface area contributed by atoms with E-state index in [0.717, 1.165) is 31.5 Å². The minimum atomic E-state index is 0. The monoisotopic (exact) mass is 294 g/mol. The number of hydrogen-bond acceptors (Lipinski definition) is 5. The molecular weight excluding hydrogens is 275 g/mol. The average Bonchev–Trinajstić information content (AvgIpc) is 2.32. The van der Waals surface area contributed by atoms with E-state index in [0.29, 0.717) is 12.1 Å². The highest BCUT2D eigenvalue weighted by molar-refractivity contribution is 5.85. The summed E-state index contributed by atoms with van der Waals surface area (Å²) in [4.78, 5) is 8.32. The fraction of sp³-hybridized carbons (Fsp3) is 0.636. The Bertz CT molecular complexity index is 346. The fourth-order valence-corrected chi connectivity index (χ4v) is 1.89. The van der Waals surface area contributed by atoms with Crippen LogP contribution in [0.15, 0.2) is 12.3 Å². The predicted octanol–water partition coefficient (Wildman–Crippen LogP) is 2.01. The zero-order valence-corrected chi connectivity index (χ0v) is 12.0. The van der Waals surface area contributed by atoms with Gasteiger partial charge in [0.15, 0.2) is 0 Å². The van der Waals surface area contributed by atoms with Gasteiger partial charge in [0.05, 0.1) is 0 Å². The molecule has 0 saturated heterocycles. The molecule has 1 aromatic heterocycles. The summed E-state index contributed by atoms with van der Waals surface area (Å²) in [6, 6.07) is 2.60. The van der Waals surface area contributed by atoms with Crippen LogP contribution in [0.5, 0.6) is 6.01 Å². The van der Waals surface area contributed by atoms with Crippen molar-refractivity contribution in [3.63, 3.8) is 0 Å². The Kier molecular flexibility index (Phi) is 7.98. The Hall–Kier alpha value is -0.780. The molecule has 0 bridgehead atoms. The molecule has 1 heterocycles. The molecule has 1 aromatic rings. The van der Waals surface area contributed by atoms with E-state index in [1.54, 1.807) is 6.20 Å². The number of hydrogen-bond donors (Lipinski definition) is 2. The molecule has 7 heteroatoms. The van der Waals surface area contributed by atoms with Crippen molar-refractivity contribution >= 4 is 30.6 Å². The Labute approximate surface area is 120 Å². The van der Waals surface area contributed by atoms with Crippen molar-refractivity contribution < 1.29 is 4.74 Å². The van der Waals surface area contributed by atoms with Crippen LogP contribution in [0.4, 0.5) is 5.82 Å². The number of halogens is 2. The molecule has 18 heavy (non-hydrogen) atoms. The molecule has 1 saturated carbocycles. The highest BCUT2D eigenvalue weighted by Crippen LogP contribution is 2.21. The van der Waals surface area contributed by atoms with Crippen LogP contribution in [0.1, 0.15) is 25.7 Å². The summed E-state index contributed by atoms with van der Waals surface area (Å²) in [6.45, 7) is 0. The average molecular weight is 295 g/mol. The van der Waals surface area contributed by atoms with E-state index in [1.807, 2.05) is 13.1 Å². The Balaban J connectivity index is 0.00000144. The summed E-state index contributed by atoms with van der Waals surface area (Å²) in [5, 5.41) is 2.96. The van der Waals surface area contributed by atoms with Crippen LogP contribution in [0.2, 0.25) is 0 Å². The van der Waals surface area contributed by atoms with Gasteiger partial charge in [-0.1, -0.05) is 0 Å². The first kappa shape index (κ1) is 17.2. The minimum Gasteiger partial charge on any atom is -0.460 e. The van der Waals surface area contributed by atoms with Gasteiger partial charge in [-0.05, 0) is 31.7 Å². The fourth-order valence-electron chi connectivity index (χ4n) is 1.89. The van der Waals surface area contributed by atoms with E-state index in [9.17, 15) is 0 Å². The maximum Gasteiger partial charge on any atom is 0.318 e. The largest absolute Gasteiger partial charge is 0.460 e. The van der Waals surface area contributed by atoms with Crippen molar-refractivity contribution in [3.05, 3.63) is 12.3 Å². The molecule has 2 rings (SSSR count). The molecule has 0 aromatic carbocycles. The Morgan fingerprint density at radius 3 is 2.56 bits per heavy atom. The SMILES string of the molecule is CNc1ccnc(OC2CCC(N)CC2)n1.Cl.Cl. The third kappa shape index (κ3) is 4.84. The van der Waals surface area contributed by atoms with E-state index >= 15 is 0 Å². The summed E-state index contributed by atoms with van der Waals surface area (Å²) >= 11 is 0. The molecule has 3 N–H and O–H groups in total. The van der Waals surface area contributed by atoms with E-state index in [-0.39, 0.29) is 30.9 Å². The summed E-state index contributed by atoms with van der Waals surface area (Å²) in [7, 11) is 1.83. The zero-order valence-electron chi connectivity index (χ0n) is 10.3. The molecule has 0 amide bonds.